The van der Waals surface area contributed by atoms with E-state index in [4.69, 9.17) is 0 Å². The molecule has 0 amide bonds. The number of halogens is 3. The minimum atomic E-state index is -4.65. The van der Waals surface area contributed by atoms with E-state index in [1.807, 2.05) is 11.8 Å². The molecule has 0 spiro atoms. The predicted molar refractivity (Wildman–Crippen MR) is 91.7 cm³/mol. The number of hydrogen-bond acceptors (Lipinski definition) is 3. The fraction of sp³-hybridized carbons (Fsp3) is 0.562. The molecule has 0 bridgehead atoms. The Balaban J connectivity index is 1.70. The van der Waals surface area contributed by atoms with Gasteiger partial charge in [0.15, 0.2) is 5.96 Å². The fourth-order valence-corrected chi connectivity index (χ4v) is 3.62. The predicted octanol–water partition coefficient (Wildman–Crippen LogP) is 3.19. The molecule has 1 unspecified atom stereocenters. The second-order valence-corrected chi connectivity index (χ2v) is 6.86. The molecular weight excluding hydrogens is 339 g/mol. The van der Waals surface area contributed by atoms with Gasteiger partial charge in [-0.25, -0.2) is 0 Å². The first-order valence-corrected chi connectivity index (χ1v) is 8.92. The highest BCUT2D eigenvalue weighted by Crippen LogP contribution is 2.25. The zero-order valence-electron chi connectivity index (χ0n) is 13.5. The van der Waals surface area contributed by atoms with Gasteiger partial charge in [0.2, 0.25) is 0 Å². The lowest BCUT2D eigenvalue weighted by Crippen LogP contribution is -2.40. The van der Waals surface area contributed by atoms with E-state index in [9.17, 15) is 13.2 Å². The topological polar surface area (TPSA) is 45.7 Å². The number of nitrogens with one attached hydrogen (secondary N) is 2. The summed E-state index contributed by atoms with van der Waals surface area (Å²) in [5, 5.41) is 7.16. The van der Waals surface area contributed by atoms with Crippen molar-refractivity contribution in [2.75, 3.05) is 25.9 Å². The molecule has 8 heteroatoms. The van der Waals surface area contributed by atoms with Gasteiger partial charge in [-0.2, -0.15) is 11.8 Å². The van der Waals surface area contributed by atoms with Crippen LogP contribution in [0.3, 0.4) is 0 Å². The van der Waals surface area contributed by atoms with Gasteiger partial charge < -0.3 is 15.4 Å². The minimum absolute atomic E-state index is 0.203. The summed E-state index contributed by atoms with van der Waals surface area (Å²) in [6.07, 6.45) is -1.46. The monoisotopic (exact) mass is 361 g/mol. The van der Waals surface area contributed by atoms with Crippen LogP contribution in [-0.4, -0.2) is 43.5 Å². The number of rotatable bonds is 6. The van der Waals surface area contributed by atoms with Gasteiger partial charge in [0.05, 0.1) is 0 Å². The van der Waals surface area contributed by atoms with Gasteiger partial charge in [0, 0.05) is 25.4 Å². The van der Waals surface area contributed by atoms with Gasteiger partial charge in [0.1, 0.15) is 5.75 Å². The molecule has 2 N–H and O–H groups in total. The third-order valence-electron chi connectivity index (χ3n) is 3.61. The van der Waals surface area contributed by atoms with Crippen LogP contribution in [0.2, 0.25) is 0 Å². The molecule has 134 valence electrons. The summed E-state index contributed by atoms with van der Waals surface area (Å²) in [7, 11) is 1.72. The highest BCUT2D eigenvalue weighted by atomic mass is 32.2. The molecule has 0 aromatic heterocycles. The Bertz CT molecular complexity index is 528. The van der Waals surface area contributed by atoms with Crippen molar-refractivity contribution in [3.63, 3.8) is 0 Å². The van der Waals surface area contributed by atoms with E-state index in [2.05, 4.69) is 20.4 Å². The van der Waals surface area contributed by atoms with E-state index in [0.717, 1.165) is 18.1 Å². The molecule has 4 nitrogen and oxygen atoms in total. The van der Waals surface area contributed by atoms with Crippen LogP contribution in [0.25, 0.3) is 0 Å². The molecule has 24 heavy (non-hydrogen) atoms. The van der Waals surface area contributed by atoms with Crippen LogP contribution >= 0.6 is 11.8 Å². The van der Waals surface area contributed by atoms with Gasteiger partial charge in [0.25, 0.3) is 0 Å². The normalized spacial score (nSPS) is 18.5. The molecule has 1 atom stereocenters. The van der Waals surface area contributed by atoms with Crippen molar-refractivity contribution < 1.29 is 17.9 Å². The van der Waals surface area contributed by atoms with Crippen molar-refractivity contribution >= 4 is 17.7 Å². The van der Waals surface area contributed by atoms with Gasteiger partial charge in [-0.05, 0) is 42.7 Å². The highest BCUT2D eigenvalue weighted by molar-refractivity contribution is 8.00. The van der Waals surface area contributed by atoms with Crippen molar-refractivity contribution in [3.05, 3.63) is 29.8 Å². The molecule has 1 saturated heterocycles. The van der Waals surface area contributed by atoms with Crippen molar-refractivity contribution in [1.82, 2.24) is 10.6 Å². The average Bonchev–Trinajstić information content (AvgIpc) is 3.04. The molecular formula is C16H22F3N3OS. The Morgan fingerprint density at radius 3 is 2.62 bits per heavy atom. The Morgan fingerprint density at radius 1 is 1.29 bits per heavy atom. The summed E-state index contributed by atoms with van der Waals surface area (Å²) in [5.41, 5.74) is 0.929. The van der Waals surface area contributed by atoms with Crippen LogP contribution < -0.4 is 15.4 Å². The van der Waals surface area contributed by atoms with Gasteiger partial charge in [-0.3, -0.25) is 4.99 Å². The first-order valence-electron chi connectivity index (χ1n) is 7.87. The molecule has 0 aliphatic carbocycles. The number of nitrogens with zero attached hydrogens (tertiary/aromatic N) is 1. The lowest BCUT2D eigenvalue weighted by Gasteiger charge is -2.15. The van der Waals surface area contributed by atoms with E-state index in [1.54, 1.807) is 19.2 Å². The summed E-state index contributed by atoms with van der Waals surface area (Å²) in [6.45, 7) is 1.55. The maximum absolute atomic E-state index is 12.1. The minimum Gasteiger partial charge on any atom is -0.406 e. The van der Waals surface area contributed by atoms with Crippen molar-refractivity contribution in [2.24, 2.45) is 4.99 Å². The number of thioether (sulfide) groups is 1. The Labute approximate surface area is 144 Å². The maximum Gasteiger partial charge on any atom is 0.573 e. The van der Waals surface area contributed by atoms with E-state index in [1.165, 1.54) is 30.7 Å². The fourth-order valence-electron chi connectivity index (χ4n) is 2.42. The Kier molecular flexibility index (Phi) is 7.08. The van der Waals surface area contributed by atoms with Crippen LogP contribution in [-0.2, 0) is 6.42 Å². The third kappa shape index (κ3) is 6.90. The summed E-state index contributed by atoms with van der Waals surface area (Å²) in [6, 6.07) is 5.92. The van der Waals surface area contributed by atoms with Crippen LogP contribution in [0.15, 0.2) is 29.3 Å². The van der Waals surface area contributed by atoms with Crippen LogP contribution in [0.4, 0.5) is 13.2 Å². The largest absolute Gasteiger partial charge is 0.573 e. The smallest absolute Gasteiger partial charge is 0.406 e. The van der Waals surface area contributed by atoms with E-state index in [0.29, 0.717) is 18.2 Å². The first kappa shape index (κ1) is 18.8. The lowest BCUT2D eigenvalue weighted by atomic mass is 10.1. The molecule has 1 heterocycles. The van der Waals surface area contributed by atoms with Gasteiger partial charge in [-0.1, -0.05) is 12.1 Å². The zero-order valence-corrected chi connectivity index (χ0v) is 14.3. The van der Waals surface area contributed by atoms with Crippen molar-refractivity contribution in [1.29, 1.82) is 0 Å². The lowest BCUT2D eigenvalue weighted by molar-refractivity contribution is -0.274. The number of hydrogen-bond donors (Lipinski definition) is 2. The van der Waals surface area contributed by atoms with Gasteiger partial charge in [-0.15, -0.1) is 13.2 Å². The molecule has 1 aliphatic heterocycles. The number of alkyl halides is 3. The molecule has 1 fully saturated rings. The number of aliphatic imine (C=N–C) groups is 1. The quantitative estimate of drug-likeness (QED) is 0.603. The molecule has 1 aromatic rings. The average molecular weight is 361 g/mol. The Morgan fingerprint density at radius 2 is 2.04 bits per heavy atom. The Hall–Kier alpha value is -1.57. The van der Waals surface area contributed by atoms with E-state index in [-0.39, 0.29) is 5.75 Å². The van der Waals surface area contributed by atoms with Crippen molar-refractivity contribution in [3.8, 4) is 5.75 Å². The summed E-state index contributed by atoms with van der Waals surface area (Å²) in [4.78, 5) is 4.17. The molecule has 0 radical (unpaired) electrons. The van der Waals surface area contributed by atoms with Crippen LogP contribution in [0.5, 0.6) is 5.75 Å². The highest BCUT2D eigenvalue weighted by Gasteiger charge is 2.30. The van der Waals surface area contributed by atoms with Crippen molar-refractivity contribution in [2.45, 2.75) is 30.9 Å². The molecule has 2 rings (SSSR count). The van der Waals surface area contributed by atoms with Gasteiger partial charge >= 0.3 is 6.36 Å². The molecule has 1 aliphatic rings. The summed E-state index contributed by atoms with van der Waals surface area (Å²) >= 11 is 1.98. The SMILES string of the molecule is CN=C(NCCc1ccc(OC(F)(F)F)cc1)NCC1CCCS1. The third-order valence-corrected chi connectivity index (χ3v) is 5.01. The standard InChI is InChI=1S/C16H22F3N3OS/c1-20-15(22-11-14-3-2-10-24-14)21-9-8-12-4-6-13(7-5-12)23-16(17,18)19/h4-7,14H,2-3,8-11H2,1H3,(H2,20,21,22). The number of benzene rings is 1. The summed E-state index contributed by atoms with van der Waals surface area (Å²) < 4.78 is 40.2. The summed E-state index contributed by atoms with van der Waals surface area (Å²) in [5.74, 6) is 1.78. The number of guanidine groups is 1. The second kappa shape index (κ2) is 9.05. The van der Waals surface area contributed by atoms with E-state index < -0.39 is 6.36 Å². The molecule has 0 saturated carbocycles. The maximum atomic E-state index is 12.1. The van der Waals surface area contributed by atoms with Crippen LogP contribution in [0, 0.1) is 0 Å². The van der Waals surface area contributed by atoms with E-state index >= 15 is 0 Å². The second-order valence-electron chi connectivity index (χ2n) is 5.46. The zero-order chi connectivity index (χ0) is 17.4. The molecule has 1 aromatic carbocycles. The first-order chi connectivity index (χ1) is 11.5. The number of ether oxygens (including phenoxy) is 1. The van der Waals surface area contributed by atoms with Crippen LogP contribution in [0.1, 0.15) is 18.4 Å².